The van der Waals surface area contributed by atoms with Crippen molar-refractivity contribution in [2.24, 2.45) is 0 Å². The molecule has 0 unspecified atom stereocenters. The second kappa shape index (κ2) is 7.11. The minimum atomic E-state index is -0.330. The summed E-state index contributed by atoms with van der Waals surface area (Å²) in [6.07, 6.45) is 1.54. The second-order valence-electron chi connectivity index (χ2n) is 5.04. The maximum Gasteiger partial charge on any atom is 0.237 e. The van der Waals surface area contributed by atoms with Crippen molar-refractivity contribution >= 4 is 46.1 Å². The highest BCUT2D eigenvalue weighted by Gasteiger charge is 2.17. The summed E-state index contributed by atoms with van der Waals surface area (Å²) in [5.74, 6) is 0.625. The number of anilines is 1. The SMILES string of the molecule is COc1ccc(NC(=O)[C@H](C)Sc2nc3ncc(Cl)cc3[nH]2)cc1. The zero-order valence-corrected chi connectivity index (χ0v) is 14.6. The molecule has 3 aromatic rings. The van der Waals surface area contributed by atoms with Gasteiger partial charge in [0.1, 0.15) is 5.75 Å². The Hall–Kier alpha value is -2.25. The molecular formula is C16H15ClN4O2S. The van der Waals surface area contributed by atoms with Crippen molar-refractivity contribution in [2.45, 2.75) is 17.3 Å². The Morgan fingerprint density at radius 2 is 2.12 bits per heavy atom. The Morgan fingerprint density at radius 1 is 1.38 bits per heavy atom. The van der Waals surface area contributed by atoms with Crippen LogP contribution in [0.15, 0.2) is 41.7 Å². The number of carbonyl (C=O) groups is 1. The third kappa shape index (κ3) is 3.80. The Bertz CT molecular complexity index is 866. The first-order chi connectivity index (χ1) is 11.5. The van der Waals surface area contributed by atoms with Crippen molar-refractivity contribution in [3.05, 3.63) is 41.6 Å². The van der Waals surface area contributed by atoms with Crippen LogP contribution >= 0.6 is 23.4 Å². The number of ether oxygens (including phenoxy) is 1. The van der Waals surface area contributed by atoms with Crippen LogP contribution in [0.4, 0.5) is 5.69 Å². The normalized spacial score (nSPS) is 12.1. The first-order valence-electron chi connectivity index (χ1n) is 7.18. The fourth-order valence-corrected chi connectivity index (χ4v) is 3.01. The van der Waals surface area contributed by atoms with Crippen LogP contribution in [-0.2, 0) is 4.79 Å². The number of rotatable bonds is 5. The quantitative estimate of drug-likeness (QED) is 0.676. The van der Waals surface area contributed by atoms with Crippen LogP contribution in [0.3, 0.4) is 0 Å². The van der Waals surface area contributed by atoms with Crippen LogP contribution in [-0.4, -0.2) is 33.2 Å². The van der Waals surface area contributed by atoms with Crippen molar-refractivity contribution in [2.75, 3.05) is 12.4 Å². The fourth-order valence-electron chi connectivity index (χ4n) is 2.05. The zero-order chi connectivity index (χ0) is 17.1. The largest absolute Gasteiger partial charge is 0.497 e. The molecule has 0 aliphatic carbocycles. The first kappa shape index (κ1) is 16.6. The standard InChI is InChI=1S/C16H15ClN4O2S/c1-9(15(22)19-11-3-5-12(23-2)6-4-11)24-16-20-13-7-10(17)8-18-14(13)21-16/h3-9H,1-2H3,(H,19,22)(H,18,20,21)/t9-/m0/s1. The predicted octanol–water partition coefficient (Wildman–Crippen LogP) is 3.74. The molecule has 24 heavy (non-hydrogen) atoms. The van der Waals surface area contributed by atoms with E-state index in [1.165, 1.54) is 11.8 Å². The van der Waals surface area contributed by atoms with Gasteiger partial charge in [-0.3, -0.25) is 4.79 Å². The summed E-state index contributed by atoms with van der Waals surface area (Å²) in [6, 6.07) is 8.93. The Kier molecular flexibility index (Phi) is 4.92. The van der Waals surface area contributed by atoms with Crippen molar-refractivity contribution in [1.29, 1.82) is 0 Å². The van der Waals surface area contributed by atoms with Gasteiger partial charge in [0.15, 0.2) is 10.8 Å². The number of H-pyrrole nitrogens is 1. The number of aromatic nitrogens is 3. The average Bonchev–Trinajstić information content (AvgIpc) is 2.96. The summed E-state index contributed by atoms with van der Waals surface area (Å²) in [7, 11) is 1.60. The number of amides is 1. The van der Waals surface area contributed by atoms with Crippen LogP contribution in [0.2, 0.25) is 5.02 Å². The number of halogens is 1. The van der Waals surface area contributed by atoms with Crippen LogP contribution in [0.1, 0.15) is 6.92 Å². The van der Waals surface area contributed by atoms with Crippen LogP contribution < -0.4 is 10.1 Å². The molecule has 2 heterocycles. The molecule has 3 rings (SSSR count). The molecule has 2 aromatic heterocycles. The number of thioether (sulfide) groups is 1. The third-order valence-corrected chi connectivity index (χ3v) is 4.49. The summed E-state index contributed by atoms with van der Waals surface area (Å²) in [6.45, 7) is 1.82. The van der Waals surface area contributed by atoms with E-state index in [0.717, 1.165) is 11.3 Å². The average molecular weight is 363 g/mol. The summed E-state index contributed by atoms with van der Waals surface area (Å²) < 4.78 is 5.09. The molecule has 0 saturated carbocycles. The number of fused-ring (bicyclic) bond motifs is 1. The maximum absolute atomic E-state index is 12.3. The van der Waals surface area contributed by atoms with Gasteiger partial charge in [0.05, 0.1) is 22.9 Å². The highest BCUT2D eigenvalue weighted by Crippen LogP contribution is 2.25. The van der Waals surface area contributed by atoms with Crippen molar-refractivity contribution < 1.29 is 9.53 Å². The number of nitrogens with one attached hydrogen (secondary N) is 2. The number of aromatic amines is 1. The maximum atomic E-state index is 12.3. The lowest BCUT2D eigenvalue weighted by Gasteiger charge is -2.10. The van der Waals surface area contributed by atoms with E-state index >= 15 is 0 Å². The van der Waals surface area contributed by atoms with E-state index in [9.17, 15) is 4.79 Å². The topological polar surface area (TPSA) is 79.9 Å². The van der Waals surface area contributed by atoms with E-state index in [-0.39, 0.29) is 11.2 Å². The van der Waals surface area contributed by atoms with E-state index < -0.39 is 0 Å². The van der Waals surface area contributed by atoms with Crippen molar-refractivity contribution in [1.82, 2.24) is 15.0 Å². The Balaban J connectivity index is 1.65. The molecule has 0 saturated heterocycles. The Morgan fingerprint density at radius 3 is 2.83 bits per heavy atom. The molecule has 1 atom stereocenters. The monoisotopic (exact) mass is 362 g/mol. The molecule has 8 heteroatoms. The third-order valence-electron chi connectivity index (χ3n) is 3.30. The number of hydrogen-bond acceptors (Lipinski definition) is 5. The second-order valence-corrected chi connectivity index (χ2v) is 6.81. The molecule has 2 N–H and O–H groups in total. The molecule has 0 bridgehead atoms. The molecular weight excluding hydrogens is 348 g/mol. The molecule has 0 spiro atoms. The molecule has 0 fully saturated rings. The fraction of sp³-hybridized carbons (Fsp3) is 0.188. The number of pyridine rings is 1. The van der Waals surface area contributed by atoms with Gasteiger partial charge in [0.2, 0.25) is 5.91 Å². The predicted molar refractivity (Wildman–Crippen MR) is 95.8 cm³/mol. The number of imidazole rings is 1. The summed E-state index contributed by atoms with van der Waals surface area (Å²) >= 11 is 7.23. The van der Waals surface area contributed by atoms with Gasteiger partial charge in [-0.15, -0.1) is 0 Å². The van der Waals surface area contributed by atoms with E-state index in [0.29, 0.717) is 21.5 Å². The zero-order valence-electron chi connectivity index (χ0n) is 13.0. The lowest BCUT2D eigenvalue weighted by Crippen LogP contribution is -2.22. The minimum Gasteiger partial charge on any atom is -0.497 e. The van der Waals surface area contributed by atoms with Crippen molar-refractivity contribution in [3.63, 3.8) is 0 Å². The van der Waals surface area contributed by atoms with Gasteiger partial charge in [-0.05, 0) is 37.3 Å². The number of carbonyl (C=O) groups excluding carboxylic acids is 1. The van der Waals surface area contributed by atoms with Crippen LogP contribution in [0, 0.1) is 0 Å². The van der Waals surface area contributed by atoms with Crippen LogP contribution in [0.5, 0.6) is 5.75 Å². The molecule has 6 nitrogen and oxygen atoms in total. The molecule has 124 valence electrons. The lowest BCUT2D eigenvalue weighted by molar-refractivity contribution is -0.115. The minimum absolute atomic E-state index is 0.114. The summed E-state index contributed by atoms with van der Waals surface area (Å²) in [4.78, 5) is 23.9. The van der Waals surface area contributed by atoms with E-state index in [1.54, 1.807) is 43.6 Å². The number of hydrogen-bond donors (Lipinski definition) is 2. The molecule has 0 aliphatic heterocycles. The molecule has 1 aromatic carbocycles. The van der Waals surface area contributed by atoms with Gasteiger partial charge in [-0.2, -0.15) is 0 Å². The van der Waals surface area contributed by atoms with E-state index in [1.807, 2.05) is 6.92 Å². The summed E-state index contributed by atoms with van der Waals surface area (Å²) in [5, 5.41) is 3.69. The molecule has 0 aliphatic rings. The van der Waals surface area contributed by atoms with Gasteiger partial charge in [-0.1, -0.05) is 23.4 Å². The van der Waals surface area contributed by atoms with E-state index in [4.69, 9.17) is 16.3 Å². The smallest absolute Gasteiger partial charge is 0.237 e. The highest BCUT2D eigenvalue weighted by atomic mass is 35.5. The number of nitrogens with zero attached hydrogens (tertiary/aromatic N) is 2. The van der Waals surface area contributed by atoms with Gasteiger partial charge < -0.3 is 15.0 Å². The van der Waals surface area contributed by atoms with Gasteiger partial charge in [0.25, 0.3) is 0 Å². The Labute approximate surface area is 148 Å². The number of methoxy groups -OCH3 is 1. The van der Waals surface area contributed by atoms with Crippen LogP contribution in [0.25, 0.3) is 11.2 Å². The highest BCUT2D eigenvalue weighted by molar-refractivity contribution is 8.00. The molecule has 0 radical (unpaired) electrons. The first-order valence-corrected chi connectivity index (χ1v) is 8.44. The van der Waals surface area contributed by atoms with Gasteiger partial charge >= 0.3 is 0 Å². The van der Waals surface area contributed by atoms with E-state index in [2.05, 4.69) is 20.3 Å². The van der Waals surface area contributed by atoms with Gasteiger partial charge in [-0.25, -0.2) is 9.97 Å². The van der Waals surface area contributed by atoms with Gasteiger partial charge in [0, 0.05) is 11.9 Å². The molecule has 1 amide bonds. The summed E-state index contributed by atoms with van der Waals surface area (Å²) in [5.41, 5.74) is 2.03. The lowest BCUT2D eigenvalue weighted by atomic mass is 10.3. The van der Waals surface area contributed by atoms with Crippen molar-refractivity contribution in [3.8, 4) is 5.75 Å². The number of benzene rings is 1.